The standard InChI is InChI=1S/C17H28N2O2/c1-4-15-12-21-13(2)10-19(15)17(9-18)16-8-6-5-7-14(16)11-20-3/h5-8,13,15,17H,4,9-12,18H2,1-3H3. The van der Waals surface area contributed by atoms with Gasteiger partial charge < -0.3 is 15.2 Å². The number of ether oxygens (including phenoxy) is 2. The van der Waals surface area contributed by atoms with E-state index < -0.39 is 0 Å². The Labute approximate surface area is 128 Å². The lowest BCUT2D eigenvalue weighted by atomic mass is 9.96. The van der Waals surface area contributed by atoms with Gasteiger partial charge in [0, 0.05) is 32.3 Å². The first kappa shape index (κ1) is 16.4. The summed E-state index contributed by atoms with van der Waals surface area (Å²) in [4.78, 5) is 2.52. The van der Waals surface area contributed by atoms with Crippen LogP contribution in [0.1, 0.15) is 37.4 Å². The molecule has 3 atom stereocenters. The van der Waals surface area contributed by atoms with E-state index in [9.17, 15) is 0 Å². The van der Waals surface area contributed by atoms with Gasteiger partial charge in [0.15, 0.2) is 0 Å². The quantitative estimate of drug-likeness (QED) is 0.874. The lowest BCUT2D eigenvalue weighted by Crippen LogP contribution is -2.51. The topological polar surface area (TPSA) is 47.7 Å². The molecule has 0 saturated carbocycles. The van der Waals surface area contributed by atoms with E-state index >= 15 is 0 Å². The second-order valence-electron chi connectivity index (χ2n) is 5.79. The third-order valence-electron chi connectivity index (χ3n) is 4.32. The molecule has 0 spiro atoms. The fourth-order valence-electron chi connectivity index (χ4n) is 3.19. The van der Waals surface area contributed by atoms with E-state index in [1.807, 2.05) is 0 Å². The van der Waals surface area contributed by atoms with Gasteiger partial charge in [0.1, 0.15) is 0 Å². The number of nitrogens with zero attached hydrogens (tertiary/aromatic N) is 1. The largest absolute Gasteiger partial charge is 0.380 e. The molecule has 4 nitrogen and oxygen atoms in total. The van der Waals surface area contributed by atoms with Crippen molar-refractivity contribution < 1.29 is 9.47 Å². The van der Waals surface area contributed by atoms with Gasteiger partial charge in [-0.3, -0.25) is 4.90 Å². The van der Waals surface area contributed by atoms with Crippen LogP contribution in [0.25, 0.3) is 0 Å². The maximum atomic E-state index is 6.14. The SMILES string of the molecule is CCC1COC(C)CN1C(CN)c1ccccc1COC. The van der Waals surface area contributed by atoms with Crippen molar-refractivity contribution in [3.8, 4) is 0 Å². The molecule has 21 heavy (non-hydrogen) atoms. The summed E-state index contributed by atoms with van der Waals surface area (Å²) in [5, 5.41) is 0. The molecule has 1 aromatic rings. The van der Waals surface area contributed by atoms with Crippen molar-refractivity contribution in [2.24, 2.45) is 5.73 Å². The molecular weight excluding hydrogens is 264 g/mol. The first-order valence-electron chi connectivity index (χ1n) is 7.85. The lowest BCUT2D eigenvalue weighted by molar-refractivity contribution is -0.0721. The molecule has 2 rings (SSSR count). The fourth-order valence-corrected chi connectivity index (χ4v) is 3.19. The number of morpholine rings is 1. The molecule has 0 amide bonds. The number of hydrogen-bond donors (Lipinski definition) is 1. The second kappa shape index (κ2) is 7.90. The van der Waals surface area contributed by atoms with Crippen LogP contribution in [0.2, 0.25) is 0 Å². The van der Waals surface area contributed by atoms with E-state index in [-0.39, 0.29) is 12.1 Å². The summed E-state index contributed by atoms with van der Waals surface area (Å²) in [5.74, 6) is 0. The molecule has 3 unspecified atom stereocenters. The van der Waals surface area contributed by atoms with Gasteiger partial charge >= 0.3 is 0 Å². The summed E-state index contributed by atoms with van der Waals surface area (Å²) in [7, 11) is 1.74. The van der Waals surface area contributed by atoms with Gasteiger partial charge in [-0.1, -0.05) is 31.2 Å². The molecule has 118 valence electrons. The van der Waals surface area contributed by atoms with Crippen molar-refractivity contribution in [2.75, 3.05) is 26.8 Å². The zero-order chi connectivity index (χ0) is 15.2. The molecule has 1 aromatic carbocycles. The molecule has 0 aliphatic carbocycles. The molecule has 1 saturated heterocycles. The predicted molar refractivity (Wildman–Crippen MR) is 85.1 cm³/mol. The smallest absolute Gasteiger partial charge is 0.0716 e. The molecule has 4 heteroatoms. The Balaban J connectivity index is 2.29. The summed E-state index contributed by atoms with van der Waals surface area (Å²) in [6.45, 7) is 7.31. The van der Waals surface area contributed by atoms with Crippen LogP contribution in [-0.4, -0.2) is 43.9 Å². The van der Waals surface area contributed by atoms with E-state index in [1.165, 1.54) is 11.1 Å². The number of benzene rings is 1. The molecule has 1 fully saturated rings. The predicted octanol–water partition coefficient (Wildman–Crippen LogP) is 2.33. The summed E-state index contributed by atoms with van der Waals surface area (Å²) in [6, 6.07) is 9.12. The average Bonchev–Trinajstić information content (AvgIpc) is 2.50. The van der Waals surface area contributed by atoms with Gasteiger partial charge in [-0.25, -0.2) is 0 Å². The molecule has 0 aromatic heterocycles. The number of rotatable bonds is 6. The first-order chi connectivity index (χ1) is 10.2. The molecule has 1 aliphatic heterocycles. The van der Waals surface area contributed by atoms with E-state index in [1.54, 1.807) is 7.11 Å². The van der Waals surface area contributed by atoms with E-state index in [0.29, 0.717) is 19.2 Å². The molecule has 0 radical (unpaired) electrons. The third kappa shape index (κ3) is 3.83. The molecule has 0 bridgehead atoms. The van der Waals surface area contributed by atoms with Crippen LogP contribution in [0.4, 0.5) is 0 Å². The van der Waals surface area contributed by atoms with E-state index in [0.717, 1.165) is 19.6 Å². The molecule has 2 N–H and O–H groups in total. The zero-order valence-corrected chi connectivity index (χ0v) is 13.4. The maximum Gasteiger partial charge on any atom is 0.0716 e. The Hall–Kier alpha value is -0.940. The highest BCUT2D eigenvalue weighted by atomic mass is 16.5. The minimum absolute atomic E-state index is 0.229. The molecular formula is C17H28N2O2. The van der Waals surface area contributed by atoms with Crippen molar-refractivity contribution in [2.45, 2.75) is 45.1 Å². The lowest BCUT2D eigenvalue weighted by Gasteiger charge is -2.43. The molecule has 1 aliphatic rings. The van der Waals surface area contributed by atoms with Crippen LogP contribution in [0, 0.1) is 0 Å². The second-order valence-corrected chi connectivity index (χ2v) is 5.79. The van der Waals surface area contributed by atoms with Gasteiger partial charge in [0.25, 0.3) is 0 Å². The van der Waals surface area contributed by atoms with Gasteiger partial charge in [0.2, 0.25) is 0 Å². The Bertz CT molecular complexity index is 439. The summed E-state index contributed by atoms with van der Waals surface area (Å²) in [6.07, 6.45) is 1.34. The van der Waals surface area contributed by atoms with Crippen LogP contribution < -0.4 is 5.73 Å². The van der Waals surface area contributed by atoms with Crippen LogP contribution in [-0.2, 0) is 16.1 Å². The Kier molecular flexibility index (Phi) is 6.18. The third-order valence-corrected chi connectivity index (χ3v) is 4.32. The monoisotopic (exact) mass is 292 g/mol. The highest BCUT2D eigenvalue weighted by Gasteiger charge is 2.32. The Morgan fingerprint density at radius 1 is 1.43 bits per heavy atom. The number of methoxy groups -OCH3 is 1. The summed E-state index contributed by atoms with van der Waals surface area (Å²) in [5.41, 5.74) is 8.65. The zero-order valence-electron chi connectivity index (χ0n) is 13.4. The average molecular weight is 292 g/mol. The van der Waals surface area contributed by atoms with Crippen molar-refractivity contribution >= 4 is 0 Å². The van der Waals surface area contributed by atoms with Gasteiger partial charge in [-0.05, 0) is 24.5 Å². The van der Waals surface area contributed by atoms with Crippen LogP contribution >= 0.6 is 0 Å². The van der Waals surface area contributed by atoms with E-state index in [4.69, 9.17) is 15.2 Å². The van der Waals surface area contributed by atoms with E-state index in [2.05, 4.69) is 43.0 Å². The van der Waals surface area contributed by atoms with Crippen LogP contribution in [0.3, 0.4) is 0 Å². The minimum atomic E-state index is 0.229. The summed E-state index contributed by atoms with van der Waals surface area (Å²) < 4.78 is 11.2. The maximum absolute atomic E-state index is 6.14. The van der Waals surface area contributed by atoms with Gasteiger partial charge in [-0.2, -0.15) is 0 Å². The fraction of sp³-hybridized carbons (Fsp3) is 0.647. The van der Waals surface area contributed by atoms with Gasteiger partial charge in [-0.15, -0.1) is 0 Å². The normalized spacial score (nSPS) is 25.0. The molecule has 1 heterocycles. The van der Waals surface area contributed by atoms with Crippen LogP contribution in [0.5, 0.6) is 0 Å². The van der Waals surface area contributed by atoms with Crippen molar-refractivity contribution in [1.82, 2.24) is 4.90 Å². The van der Waals surface area contributed by atoms with Crippen molar-refractivity contribution in [3.63, 3.8) is 0 Å². The Morgan fingerprint density at radius 3 is 2.86 bits per heavy atom. The first-order valence-corrected chi connectivity index (χ1v) is 7.85. The van der Waals surface area contributed by atoms with Crippen molar-refractivity contribution in [3.05, 3.63) is 35.4 Å². The minimum Gasteiger partial charge on any atom is -0.380 e. The van der Waals surface area contributed by atoms with Gasteiger partial charge in [0.05, 0.1) is 19.3 Å². The number of hydrogen-bond acceptors (Lipinski definition) is 4. The Morgan fingerprint density at radius 2 is 2.19 bits per heavy atom. The highest BCUT2D eigenvalue weighted by Crippen LogP contribution is 2.29. The van der Waals surface area contributed by atoms with Crippen LogP contribution in [0.15, 0.2) is 24.3 Å². The number of nitrogens with two attached hydrogens (primary N) is 1. The summed E-state index contributed by atoms with van der Waals surface area (Å²) >= 11 is 0. The van der Waals surface area contributed by atoms with Crippen molar-refractivity contribution in [1.29, 1.82) is 0 Å². The highest BCUT2D eigenvalue weighted by molar-refractivity contribution is 5.30.